The van der Waals surface area contributed by atoms with Crippen molar-refractivity contribution in [3.05, 3.63) is 67.2 Å². The zero-order chi connectivity index (χ0) is 27.8. The van der Waals surface area contributed by atoms with Crippen LogP contribution < -0.4 is 5.32 Å². The van der Waals surface area contributed by atoms with Crippen LogP contribution in [0.25, 0.3) is 31.3 Å². The Morgan fingerprint density at radius 1 is 0.974 bits per heavy atom. The summed E-state index contributed by atoms with van der Waals surface area (Å²) in [6.45, 7) is 0.298. The predicted octanol–water partition coefficient (Wildman–Crippen LogP) is 3.74. The number of rotatable bonds is 10. The van der Waals surface area contributed by atoms with Crippen molar-refractivity contribution in [3.8, 4) is 0 Å². The van der Waals surface area contributed by atoms with E-state index in [1.54, 1.807) is 0 Å². The van der Waals surface area contributed by atoms with Crippen LogP contribution in [0.2, 0.25) is 0 Å². The maximum Gasteiger partial charge on any atom is 0.407 e. The number of aliphatic hydroxyl groups is 2. The summed E-state index contributed by atoms with van der Waals surface area (Å²) in [6.07, 6.45) is -4.85. The van der Waals surface area contributed by atoms with E-state index in [4.69, 9.17) is 30.8 Å². The lowest BCUT2D eigenvalue weighted by molar-refractivity contribution is -0.265. The standard InChI is InChI=1S/C23H30N10O6/c24-31-28-14-8-9-17(20(13-6-7-13)39-23(36)27-11-12-4-2-1-3-5-12)37-22(14)38-21-16(30-33-26)10-15(29-32-25)18(34)19(21)35/h1-5,13-22,34-35H,6-11H2,(H,27,36)/t14-,15-,16+,17+,18+,19-,20-,21-,22-/m1/s1. The van der Waals surface area contributed by atoms with Crippen molar-refractivity contribution in [1.29, 1.82) is 0 Å². The van der Waals surface area contributed by atoms with Gasteiger partial charge in [-0.25, -0.2) is 4.79 Å². The van der Waals surface area contributed by atoms with Crippen molar-refractivity contribution in [2.24, 2.45) is 21.3 Å². The minimum absolute atomic E-state index is 0.0747. The average molecular weight is 543 g/mol. The number of alkyl carbamates (subject to hydrolysis) is 1. The van der Waals surface area contributed by atoms with Crippen LogP contribution in [0.4, 0.5) is 4.79 Å². The first-order valence-corrected chi connectivity index (χ1v) is 12.7. The third-order valence-corrected chi connectivity index (χ3v) is 7.18. The average Bonchev–Trinajstić information content (AvgIpc) is 3.78. The second-order valence-corrected chi connectivity index (χ2v) is 9.80. The number of hydrogen-bond acceptors (Lipinski definition) is 9. The van der Waals surface area contributed by atoms with Gasteiger partial charge in [0.2, 0.25) is 0 Å². The van der Waals surface area contributed by atoms with Crippen LogP contribution in [0.1, 0.15) is 37.7 Å². The number of amides is 1. The van der Waals surface area contributed by atoms with Gasteiger partial charge in [0.05, 0.1) is 36.4 Å². The summed E-state index contributed by atoms with van der Waals surface area (Å²) in [6, 6.07) is 6.58. The Hall–Kier alpha value is -3.74. The van der Waals surface area contributed by atoms with Crippen molar-refractivity contribution >= 4 is 6.09 Å². The molecule has 0 aromatic heterocycles. The summed E-state index contributed by atoms with van der Waals surface area (Å²) in [5.74, 6) is 0.0942. The molecule has 1 aromatic rings. The van der Waals surface area contributed by atoms with Gasteiger partial charge < -0.3 is 29.7 Å². The van der Waals surface area contributed by atoms with E-state index in [9.17, 15) is 15.0 Å². The fourth-order valence-electron chi connectivity index (χ4n) is 5.04. The van der Waals surface area contributed by atoms with Gasteiger partial charge in [0, 0.05) is 21.3 Å². The Bertz CT molecular complexity index is 1140. The number of carbonyl (C=O) groups is 1. The molecule has 0 unspecified atom stereocenters. The van der Waals surface area contributed by atoms with E-state index in [-0.39, 0.29) is 12.3 Å². The van der Waals surface area contributed by atoms with Crippen LogP contribution >= 0.6 is 0 Å². The van der Waals surface area contributed by atoms with Gasteiger partial charge in [0.15, 0.2) is 6.29 Å². The number of hydrogen-bond donors (Lipinski definition) is 3. The summed E-state index contributed by atoms with van der Waals surface area (Å²) < 4.78 is 17.9. The number of azide groups is 3. The minimum Gasteiger partial charge on any atom is -0.443 e. The molecule has 9 atom stereocenters. The molecule has 2 aliphatic carbocycles. The van der Waals surface area contributed by atoms with Crippen LogP contribution in [-0.2, 0) is 20.8 Å². The maximum atomic E-state index is 12.6. The van der Waals surface area contributed by atoms with Gasteiger partial charge in [0.1, 0.15) is 12.2 Å². The highest BCUT2D eigenvalue weighted by Gasteiger charge is 2.48. The zero-order valence-electron chi connectivity index (χ0n) is 21.0. The zero-order valence-corrected chi connectivity index (χ0v) is 21.0. The van der Waals surface area contributed by atoms with Crippen LogP contribution in [0.3, 0.4) is 0 Å². The number of ether oxygens (including phenoxy) is 3. The molecule has 3 aliphatic rings. The highest BCUT2D eigenvalue weighted by atomic mass is 16.7. The SMILES string of the molecule is [N-]=[N+]=N[C@H]1C[C@@H](N=[N+]=[N-])[C@H](O)[C@@H](O)[C@@H]1O[C@H]1O[C@H]([C@H](OC(=O)NCc2ccccc2)C2CC2)CC[C@H]1N=[N+]=[N-]. The Balaban J connectivity index is 1.46. The highest BCUT2D eigenvalue weighted by Crippen LogP contribution is 2.40. The molecule has 1 aromatic carbocycles. The third-order valence-electron chi connectivity index (χ3n) is 7.18. The molecular weight excluding hydrogens is 512 g/mol. The molecule has 0 bridgehead atoms. The van der Waals surface area contributed by atoms with E-state index in [0.29, 0.717) is 19.4 Å². The monoisotopic (exact) mass is 542 g/mol. The molecule has 16 nitrogen and oxygen atoms in total. The molecule has 208 valence electrons. The molecule has 3 N–H and O–H groups in total. The van der Waals surface area contributed by atoms with Crippen molar-refractivity contribution in [1.82, 2.24) is 5.32 Å². The Morgan fingerprint density at radius 3 is 2.31 bits per heavy atom. The van der Waals surface area contributed by atoms with E-state index in [1.807, 2.05) is 30.3 Å². The maximum absolute atomic E-state index is 12.6. The molecule has 1 heterocycles. The number of carbonyl (C=O) groups excluding carboxylic acids is 1. The van der Waals surface area contributed by atoms with Crippen molar-refractivity contribution < 1.29 is 29.2 Å². The molecule has 39 heavy (non-hydrogen) atoms. The lowest BCUT2D eigenvalue weighted by Gasteiger charge is -2.44. The molecular formula is C23H30N10O6. The summed E-state index contributed by atoms with van der Waals surface area (Å²) in [5.41, 5.74) is 27.8. The Labute approximate surface area is 223 Å². The molecule has 1 saturated heterocycles. The fourth-order valence-corrected chi connectivity index (χ4v) is 5.04. The third kappa shape index (κ3) is 7.22. The van der Waals surface area contributed by atoms with Gasteiger partial charge in [-0.1, -0.05) is 45.7 Å². The molecule has 2 saturated carbocycles. The number of nitrogens with zero attached hydrogens (tertiary/aromatic N) is 9. The highest BCUT2D eigenvalue weighted by molar-refractivity contribution is 5.67. The van der Waals surface area contributed by atoms with Gasteiger partial charge >= 0.3 is 6.09 Å². The number of aliphatic hydroxyl groups excluding tert-OH is 2. The van der Waals surface area contributed by atoms with Gasteiger partial charge in [-0.15, -0.1) is 0 Å². The van der Waals surface area contributed by atoms with Crippen LogP contribution in [-0.4, -0.2) is 71.2 Å². The molecule has 3 fully saturated rings. The van der Waals surface area contributed by atoms with Crippen LogP contribution in [0, 0.1) is 5.92 Å². The topological polar surface area (TPSA) is 244 Å². The van der Waals surface area contributed by atoms with Crippen LogP contribution in [0.5, 0.6) is 0 Å². The lowest BCUT2D eigenvalue weighted by atomic mass is 9.84. The quantitative estimate of drug-likeness (QED) is 0.225. The molecule has 0 spiro atoms. The van der Waals surface area contributed by atoms with Gasteiger partial charge in [-0.2, -0.15) is 0 Å². The van der Waals surface area contributed by atoms with Crippen molar-refractivity contribution in [2.45, 2.75) is 93.6 Å². The van der Waals surface area contributed by atoms with E-state index < -0.39 is 61.0 Å². The molecule has 1 aliphatic heterocycles. The van der Waals surface area contributed by atoms with Gasteiger partial charge in [-0.3, -0.25) is 0 Å². The summed E-state index contributed by atoms with van der Waals surface area (Å²) in [5, 5.41) is 34.9. The van der Waals surface area contributed by atoms with Gasteiger partial charge in [-0.05, 0) is 60.2 Å². The first-order valence-electron chi connectivity index (χ1n) is 12.7. The second kappa shape index (κ2) is 13.4. The van der Waals surface area contributed by atoms with Crippen LogP contribution in [0.15, 0.2) is 45.7 Å². The molecule has 4 rings (SSSR count). The normalized spacial score (nSPS) is 32.9. The largest absolute Gasteiger partial charge is 0.443 e. The summed E-state index contributed by atoms with van der Waals surface area (Å²) >= 11 is 0. The minimum atomic E-state index is -1.58. The molecule has 1 amide bonds. The smallest absolute Gasteiger partial charge is 0.407 e. The van der Waals surface area contributed by atoms with E-state index >= 15 is 0 Å². The fraction of sp³-hybridized carbons (Fsp3) is 0.696. The first kappa shape index (κ1) is 28.3. The molecule has 16 heteroatoms. The second-order valence-electron chi connectivity index (χ2n) is 9.80. The molecule has 0 radical (unpaired) electrons. The summed E-state index contributed by atoms with van der Waals surface area (Å²) in [7, 11) is 0. The number of benzene rings is 1. The van der Waals surface area contributed by atoms with E-state index in [1.165, 1.54) is 0 Å². The summed E-state index contributed by atoms with van der Waals surface area (Å²) in [4.78, 5) is 20.9. The lowest BCUT2D eigenvalue weighted by Crippen LogP contribution is -2.58. The van der Waals surface area contributed by atoms with Gasteiger partial charge in [0.25, 0.3) is 0 Å². The van der Waals surface area contributed by atoms with E-state index in [0.717, 1.165) is 18.4 Å². The first-order chi connectivity index (χ1) is 18.9. The predicted molar refractivity (Wildman–Crippen MR) is 134 cm³/mol. The van der Waals surface area contributed by atoms with Crippen molar-refractivity contribution in [2.75, 3.05) is 0 Å². The number of nitrogens with one attached hydrogen (secondary N) is 1. The Kier molecular flexibility index (Phi) is 9.69. The van der Waals surface area contributed by atoms with E-state index in [2.05, 4.69) is 35.4 Å². The van der Waals surface area contributed by atoms with Crippen molar-refractivity contribution in [3.63, 3.8) is 0 Å². The Morgan fingerprint density at radius 2 is 1.64 bits per heavy atom.